The maximum atomic E-state index is 13.8. The van der Waals surface area contributed by atoms with E-state index in [4.69, 9.17) is 19.6 Å². The maximum absolute atomic E-state index is 13.8. The van der Waals surface area contributed by atoms with Crippen molar-refractivity contribution in [3.63, 3.8) is 0 Å². The van der Waals surface area contributed by atoms with Crippen LogP contribution in [0.3, 0.4) is 0 Å². The summed E-state index contributed by atoms with van der Waals surface area (Å²) >= 11 is 1.41. The van der Waals surface area contributed by atoms with Gasteiger partial charge in [0.25, 0.3) is 5.56 Å². The summed E-state index contributed by atoms with van der Waals surface area (Å²) in [7, 11) is -2.64. The number of furan rings is 1. The quantitative estimate of drug-likeness (QED) is 0.171. The first-order valence-corrected chi connectivity index (χ1v) is 13.2. The molecule has 37 heavy (non-hydrogen) atoms. The van der Waals surface area contributed by atoms with Gasteiger partial charge in [-0.2, -0.15) is 27.1 Å². The van der Waals surface area contributed by atoms with Gasteiger partial charge in [-0.1, -0.05) is 0 Å². The minimum absolute atomic E-state index is 0.0757. The number of thiophene rings is 1. The summed E-state index contributed by atoms with van der Waals surface area (Å²) in [5, 5.41) is 22.4. The van der Waals surface area contributed by atoms with Gasteiger partial charge in [0.1, 0.15) is 29.5 Å². The third-order valence-electron chi connectivity index (χ3n) is 5.42. The molecule has 0 aliphatic carbocycles. The number of rotatable bonds is 8. The number of hydrogen-bond donors (Lipinski definition) is 3. The summed E-state index contributed by atoms with van der Waals surface area (Å²) < 4.78 is 35.1. The Morgan fingerprint density at radius 3 is 2.86 bits per heavy atom. The van der Waals surface area contributed by atoms with E-state index in [9.17, 15) is 14.5 Å². The highest BCUT2D eigenvalue weighted by atomic mass is 32.1. The molecule has 12 nitrogen and oxygen atoms in total. The largest absolute Gasteiger partial charge is 0.505 e. The van der Waals surface area contributed by atoms with Gasteiger partial charge >= 0.3 is 7.52 Å². The van der Waals surface area contributed by atoms with Crippen molar-refractivity contribution in [3.05, 3.63) is 87.6 Å². The highest BCUT2D eigenvalue weighted by molar-refractivity contribution is 7.66. The molecule has 0 saturated carbocycles. The van der Waals surface area contributed by atoms with Crippen LogP contribution in [0.4, 0.5) is 5.69 Å². The van der Waals surface area contributed by atoms with Crippen molar-refractivity contribution in [3.8, 4) is 22.8 Å². The summed E-state index contributed by atoms with van der Waals surface area (Å²) in [6, 6.07) is 8.12. The summed E-state index contributed by atoms with van der Waals surface area (Å²) in [6.45, 7) is 0.0757. The summed E-state index contributed by atoms with van der Waals surface area (Å²) in [5.74, 6) is 4.73. The molecule has 14 heteroatoms. The van der Waals surface area contributed by atoms with E-state index in [2.05, 4.69) is 20.0 Å². The van der Waals surface area contributed by atoms with E-state index < -0.39 is 18.8 Å². The van der Waals surface area contributed by atoms with Crippen LogP contribution in [0, 0.1) is 0 Å². The molecule has 5 rings (SSSR count). The zero-order valence-corrected chi connectivity index (χ0v) is 20.9. The monoisotopic (exact) mass is 541 g/mol. The topological polar surface area (TPSA) is 163 Å². The Kier molecular flexibility index (Phi) is 6.68. The fourth-order valence-electron chi connectivity index (χ4n) is 3.68. The SMILES string of the molecule is COP1(=O)N=C(c2c(O)c(-c3ccsc3)nn(Cc3ccoc3)c2=O)Nc2ccc(OC=CON)cc21. The molecule has 1 aromatic carbocycles. The first-order chi connectivity index (χ1) is 17.9. The van der Waals surface area contributed by atoms with E-state index in [1.54, 1.807) is 29.6 Å². The third-order valence-corrected chi connectivity index (χ3v) is 8.04. The standard InChI is InChI=1S/C23H20N5O7PS/c1-32-36(31)18-10-16(34-7-8-35-24)2-3-17(18)25-22(27-36)19-21(29)20(15-5-9-37-13-15)26-28(23(19)30)11-14-4-6-33-12-14/h2-10,12-13,29H,11,24H2,1H3,(H,25,27,31). The van der Waals surface area contributed by atoms with Crippen LogP contribution in [0.5, 0.6) is 11.5 Å². The Bertz CT molecular complexity index is 1600. The smallest absolute Gasteiger partial charge is 0.348 e. The molecule has 4 aromatic rings. The lowest BCUT2D eigenvalue weighted by Gasteiger charge is -2.25. The number of aromatic nitrogens is 2. The minimum atomic E-state index is -3.89. The van der Waals surface area contributed by atoms with Crippen molar-refractivity contribution in [1.29, 1.82) is 0 Å². The van der Waals surface area contributed by atoms with Gasteiger partial charge in [-0.3, -0.25) is 9.36 Å². The average Bonchev–Trinajstić information content (AvgIpc) is 3.61. The van der Waals surface area contributed by atoms with E-state index in [0.29, 0.717) is 22.6 Å². The van der Waals surface area contributed by atoms with Gasteiger partial charge in [0.2, 0.25) is 0 Å². The second kappa shape index (κ2) is 10.1. The first kappa shape index (κ1) is 24.5. The zero-order valence-electron chi connectivity index (χ0n) is 19.2. The molecule has 190 valence electrons. The van der Waals surface area contributed by atoms with Gasteiger partial charge in [0.05, 0.1) is 30.1 Å². The van der Waals surface area contributed by atoms with Crippen LogP contribution in [0.25, 0.3) is 11.3 Å². The number of anilines is 1. The highest BCUT2D eigenvalue weighted by Crippen LogP contribution is 2.52. The van der Waals surface area contributed by atoms with Crippen LogP contribution in [0.1, 0.15) is 11.1 Å². The summed E-state index contributed by atoms with van der Waals surface area (Å²) in [4.78, 5) is 17.9. The number of fused-ring (bicyclic) bond motifs is 1. The Balaban J connectivity index is 1.65. The number of ether oxygens (including phenoxy) is 1. The minimum Gasteiger partial charge on any atom is -0.505 e. The lowest BCUT2D eigenvalue weighted by Crippen LogP contribution is -2.35. The van der Waals surface area contributed by atoms with E-state index in [1.807, 2.05) is 5.38 Å². The Morgan fingerprint density at radius 1 is 1.30 bits per heavy atom. The molecule has 4 heterocycles. The molecule has 1 unspecified atom stereocenters. The van der Waals surface area contributed by atoms with Crippen LogP contribution in [-0.4, -0.2) is 27.8 Å². The molecule has 0 fully saturated rings. The van der Waals surface area contributed by atoms with Crippen LogP contribution < -0.4 is 26.8 Å². The Labute approximate surface area is 213 Å². The second-order valence-corrected chi connectivity index (χ2v) is 10.5. The number of nitrogens with one attached hydrogen (secondary N) is 1. The summed E-state index contributed by atoms with van der Waals surface area (Å²) in [6.07, 6.45) is 5.30. The number of amidine groups is 1. The third kappa shape index (κ3) is 4.68. The lowest BCUT2D eigenvalue weighted by atomic mass is 10.1. The molecule has 0 spiro atoms. The maximum Gasteiger partial charge on any atom is 0.348 e. The molecule has 0 amide bonds. The van der Waals surface area contributed by atoms with Gasteiger partial charge in [0.15, 0.2) is 11.6 Å². The van der Waals surface area contributed by atoms with Crippen molar-refractivity contribution >= 4 is 35.7 Å². The normalized spacial score (nSPS) is 16.8. The van der Waals surface area contributed by atoms with Gasteiger partial charge in [-0.05, 0) is 35.7 Å². The molecule has 1 aliphatic rings. The predicted molar refractivity (Wildman–Crippen MR) is 137 cm³/mol. The summed E-state index contributed by atoms with van der Waals surface area (Å²) in [5.41, 5.74) is 0.964. The van der Waals surface area contributed by atoms with E-state index in [0.717, 1.165) is 6.26 Å². The van der Waals surface area contributed by atoms with Crippen LogP contribution in [0.2, 0.25) is 0 Å². The van der Waals surface area contributed by atoms with Crippen molar-refractivity contribution in [2.45, 2.75) is 6.54 Å². The Morgan fingerprint density at radius 2 is 2.16 bits per heavy atom. The van der Waals surface area contributed by atoms with E-state index >= 15 is 0 Å². The number of aromatic hydroxyl groups is 1. The highest BCUT2D eigenvalue weighted by Gasteiger charge is 2.36. The second-order valence-electron chi connectivity index (χ2n) is 7.66. The van der Waals surface area contributed by atoms with E-state index in [1.165, 1.54) is 48.0 Å². The average molecular weight is 541 g/mol. The Hall–Kier alpha value is -4.16. The number of benzene rings is 1. The van der Waals surface area contributed by atoms with Gasteiger partial charge in [0, 0.05) is 23.6 Å². The first-order valence-electron chi connectivity index (χ1n) is 10.7. The number of nitrogens with zero attached hydrogens (tertiary/aromatic N) is 3. The number of hydrogen-bond acceptors (Lipinski definition) is 11. The molecule has 1 aliphatic heterocycles. The van der Waals surface area contributed by atoms with Crippen molar-refractivity contribution < 1.29 is 28.2 Å². The van der Waals surface area contributed by atoms with Crippen molar-refractivity contribution in [2.75, 3.05) is 12.4 Å². The molecular weight excluding hydrogens is 521 g/mol. The molecule has 0 bridgehead atoms. The molecule has 0 saturated heterocycles. The lowest BCUT2D eigenvalue weighted by molar-refractivity contribution is 0.250. The van der Waals surface area contributed by atoms with Crippen LogP contribution in [-0.2, 0) is 20.5 Å². The van der Waals surface area contributed by atoms with Crippen LogP contribution in [0.15, 0.2) is 80.1 Å². The number of nitrogens with two attached hydrogens (primary N) is 1. The molecular formula is C23H20N5O7PS. The van der Waals surface area contributed by atoms with Gasteiger partial charge in [-0.25, -0.2) is 4.68 Å². The fourth-order valence-corrected chi connectivity index (χ4v) is 5.85. The molecule has 4 N–H and O–H groups in total. The van der Waals surface area contributed by atoms with Crippen LogP contribution >= 0.6 is 18.9 Å². The van der Waals surface area contributed by atoms with Crippen molar-refractivity contribution in [2.24, 2.45) is 10.7 Å². The molecule has 0 radical (unpaired) electrons. The van der Waals surface area contributed by atoms with E-state index in [-0.39, 0.29) is 28.9 Å². The molecule has 3 aromatic heterocycles. The van der Waals surface area contributed by atoms with Gasteiger partial charge < -0.3 is 28.9 Å². The molecule has 1 atom stereocenters. The fraction of sp³-hybridized carbons (Fsp3) is 0.0870. The predicted octanol–water partition coefficient (Wildman–Crippen LogP) is 3.40. The van der Waals surface area contributed by atoms with Crippen molar-refractivity contribution in [1.82, 2.24) is 9.78 Å². The zero-order chi connectivity index (χ0) is 26.0. The van der Waals surface area contributed by atoms with Gasteiger partial charge in [-0.15, -0.1) is 0 Å².